The fourth-order valence-corrected chi connectivity index (χ4v) is 3.25. The Morgan fingerprint density at radius 2 is 2.07 bits per heavy atom. The summed E-state index contributed by atoms with van der Waals surface area (Å²) in [4.78, 5) is 0. The topological polar surface area (TPSA) is 70.0 Å². The number of rotatable bonds is 2. The van der Waals surface area contributed by atoms with Gasteiger partial charge < -0.3 is 0 Å². The quantitative estimate of drug-likeness (QED) is 0.752. The Hall–Kier alpha value is -0.810. The first kappa shape index (κ1) is 12.3. The highest BCUT2D eigenvalue weighted by atomic mass is 32.2. The molecule has 0 saturated carbocycles. The van der Waals surface area contributed by atoms with E-state index in [0.717, 1.165) is 0 Å². The van der Waals surface area contributed by atoms with Crippen LogP contribution in [0.5, 0.6) is 0 Å². The molecule has 0 amide bonds. The number of hydrogen-bond donors (Lipinski definition) is 1. The molecule has 15 heavy (non-hydrogen) atoms. The van der Waals surface area contributed by atoms with Crippen molar-refractivity contribution in [1.29, 1.82) is 5.26 Å². The predicted octanol–water partition coefficient (Wildman–Crippen LogP) is 0.219. The Labute approximate surface area is 85.0 Å². The number of nitriles is 1. The van der Waals surface area contributed by atoms with Gasteiger partial charge >= 0.3 is 6.18 Å². The van der Waals surface area contributed by atoms with Gasteiger partial charge in [0.05, 0.1) is 24.1 Å². The summed E-state index contributed by atoms with van der Waals surface area (Å²) >= 11 is 0. The van der Waals surface area contributed by atoms with Gasteiger partial charge in [-0.15, -0.1) is 0 Å². The van der Waals surface area contributed by atoms with Crippen molar-refractivity contribution in [2.24, 2.45) is 0 Å². The van der Waals surface area contributed by atoms with E-state index in [-0.39, 0.29) is 12.2 Å². The van der Waals surface area contributed by atoms with Gasteiger partial charge in [0.2, 0.25) is 0 Å². The Kier molecular flexibility index (Phi) is 2.98. The third kappa shape index (κ3) is 3.35. The van der Waals surface area contributed by atoms with Crippen molar-refractivity contribution in [2.75, 3.05) is 18.1 Å². The highest BCUT2D eigenvalue weighted by Crippen LogP contribution is 2.24. The molecule has 1 unspecified atom stereocenters. The smallest absolute Gasteiger partial charge is 0.290 e. The molecule has 0 aromatic heterocycles. The van der Waals surface area contributed by atoms with Crippen LogP contribution >= 0.6 is 0 Å². The first-order valence-corrected chi connectivity index (χ1v) is 5.94. The summed E-state index contributed by atoms with van der Waals surface area (Å²) in [6.45, 7) is -1.35. The highest BCUT2D eigenvalue weighted by Gasteiger charge is 2.44. The third-order valence-electron chi connectivity index (χ3n) is 2.15. The van der Waals surface area contributed by atoms with Gasteiger partial charge in [-0.1, -0.05) is 0 Å². The molecule has 1 heterocycles. The summed E-state index contributed by atoms with van der Waals surface area (Å²) in [6, 6.07) is 1.62. The van der Waals surface area contributed by atoms with Crippen LogP contribution < -0.4 is 5.32 Å². The van der Waals surface area contributed by atoms with Crippen LogP contribution in [-0.4, -0.2) is 38.2 Å². The van der Waals surface area contributed by atoms with E-state index in [0.29, 0.717) is 0 Å². The molecule has 1 rings (SSSR count). The minimum atomic E-state index is -4.45. The summed E-state index contributed by atoms with van der Waals surface area (Å²) in [5.74, 6) is -0.794. The number of halogens is 3. The van der Waals surface area contributed by atoms with Gasteiger partial charge in [-0.05, 0) is 6.42 Å². The molecular formula is C7H9F3N2O2S. The van der Waals surface area contributed by atoms with E-state index in [1.807, 2.05) is 5.32 Å². The molecule has 0 spiro atoms. The maximum Gasteiger partial charge on any atom is 0.401 e. The second-order valence-electron chi connectivity index (χ2n) is 3.50. The van der Waals surface area contributed by atoms with E-state index < -0.39 is 33.9 Å². The normalized spacial score (nSPS) is 30.0. The van der Waals surface area contributed by atoms with Gasteiger partial charge in [0.25, 0.3) is 0 Å². The van der Waals surface area contributed by atoms with Crippen LogP contribution in [0.2, 0.25) is 0 Å². The fraction of sp³-hybridized carbons (Fsp3) is 0.857. The molecule has 0 aromatic rings. The van der Waals surface area contributed by atoms with Crippen molar-refractivity contribution >= 4 is 9.84 Å². The van der Waals surface area contributed by atoms with Crippen LogP contribution in [0.4, 0.5) is 13.2 Å². The molecule has 1 saturated heterocycles. The van der Waals surface area contributed by atoms with E-state index >= 15 is 0 Å². The fourth-order valence-electron chi connectivity index (χ4n) is 1.39. The van der Waals surface area contributed by atoms with E-state index in [1.54, 1.807) is 6.07 Å². The number of nitrogens with zero attached hydrogens (tertiary/aromatic N) is 1. The van der Waals surface area contributed by atoms with Gasteiger partial charge in [0.15, 0.2) is 9.84 Å². The first-order valence-electron chi connectivity index (χ1n) is 4.12. The molecule has 0 aliphatic carbocycles. The molecule has 1 aliphatic rings. The molecule has 0 bridgehead atoms. The Balaban J connectivity index is 2.70. The van der Waals surface area contributed by atoms with Crippen molar-refractivity contribution in [2.45, 2.75) is 18.1 Å². The summed E-state index contributed by atoms with van der Waals surface area (Å²) in [5.41, 5.74) is -1.58. The average molecular weight is 242 g/mol. The molecular weight excluding hydrogens is 233 g/mol. The van der Waals surface area contributed by atoms with Crippen LogP contribution in [0.25, 0.3) is 0 Å². The molecule has 1 fully saturated rings. The lowest BCUT2D eigenvalue weighted by atomic mass is 10.0. The summed E-state index contributed by atoms with van der Waals surface area (Å²) in [6.07, 6.45) is -4.54. The second-order valence-corrected chi connectivity index (χ2v) is 5.69. The SMILES string of the molecule is N#CC1(NCC(F)(F)F)CCS(=O)(=O)C1. The van der Waals surface area contributed by atoms with Crippen LogP contribution in [0.3, 0.4) is 0 Å². The lowest BCUT2D eigenvalue weighted by molar-refractivity contribution is -0.127. The van der Waals surface area contributed by atoms with Gasteiger partial charge in [0.1, 0.15) is 5.54 Å². The van der Waals surface area contributed by atoms with Gasteiger partial charge in [-0.2, -0.15) is 18.4 Å². The standard InChI is InChI=1S/C7H9F3N2O2S/c8-7(9,10)4-12-6(3-11)1-2-15(13,14)5-6/h12H,1-2,4-5H2. The zero-order valence-corrected chi connectivity index (χ0v) is 8.45. The lowest BCUT2D eigenvalue weighted by Crippen LogP contribution is -2.48. The van der Waals surface area contributed by atoms with Crippen molar-refractivity contribution < 1.29 is 21.6 Å². The molecule has 0 radical (unpaired) electrons. The van der Waals surface area contributed by atoms with E-state index in [9.17, 15) is 21.6 Å². The molecule has 4 nitrogen and oxygen atoms in total. The summed E-state index contributed by atoms with van der Waals surface area (Å²) in [5, 5.41) is 10.7. The molecule has 0 aromatic carbocycles. The predicted molar refractivity (Wildman–Crippen MR) is 45.7 cm³/mol. The minimum absolute atomic E-state index is 0.0953. The van der Waals surface area contributed by atoms with Crippen LogP contribution in [-0.2, 0) is 9.84 Å². The third-order valence-corrected chi connectivity index (χ3v) is 3.91. The van der Waals surface area contributed by atoms with Gasteiger partial charge in [-0.25, -0.2) is 8.42 Å². The lowest BCUT2D eigenvalue weighted by Gasteiger charge is -2.21. The highest BCUT2D eigenvalue weighted by molar-refractivity contribution is 7.91. The monoisotopic (exact) mass is 242 g/mol. The Morgan fingerprint density at radius 1 is 1.47 bits per heavy atom. The van der Waals surface area contributed by atoms with Crippen LogP contribution in [0, 0.1) is 11.3 Å². The number of alkyl halides is 3. The van der Waals surface area contributed by atoms with Crippen molar-refractivity contribution in [3.63, 3.8) is 0 Å². The average Bonchev–Trinajstić information content (AvgIpc) is 2.39. The number of sulfone groups is 1. The molecule has 86 valence electrons. The minimum Gasteiger partial charge on any atom is -0.290 e. The van der Waals surface area contributed by atoms with Crippen LogP contribution in [0.1, 0.15) is 6.42 Å². The molecule has 1 aliphatic heterocycles. The molecule has 1 N–H and O–H groups in total. The number of hydrogen-bond acceptors (Lipinski definition) is 4. The van der Waals surface area contributed by atoms with Crippen molar-refractivity contribution in [3.05, 3.63) is 0 Å². The first-order chi connectivity index (χ1) is 6.68. The maximum atomic E-state index is 11.9. The zero-order chi connectivity index (χ0) is 11.7. The maximum absolute atomic E-state index is 11.9. The molecule has 8 heteroatoms. The Bertz CT molecular complexity index is 384. The largest absolute Gasteiger partial charge is 0.401 e. The summed E-state index contributed by atoms with van der Waals surface area (Å²) in [7, 11) is -3.39. The number of nitrogens with one attached hydrogen (secondary N) is 1. The molecule has 1 atom stereocenters. The van der Waals surface area contributed by atoms with Crippen molar-refractivity contribution in [1.82, 2.24) is 5.32 Å². The van der Waals surface area contributed by atoms with E-state index in [2.05, 4.69) is 0 Å². The van der Waals surface area contributed by atoms with Crippen molar-refractivity contribution in [3.8, 4) is 6.07 Å². The van der Waals surface area contributed by atoms with E-state index in [4.69, 9.17) is 5.26 Å². The van der Waals surface area contributed by atoms with Gasteiger partial charge in [0, 0.05) is 0 Å². The van der Waals surface area contributed by atoms with E-state index in [1.165, 1.54) is 0 Å². The summed E-state index contributed by atoms with van der Waals surface area (Å²) < 4.78 is 57.8. The van der Waals surface area contributed by atoms with Gasteiger partial charge in [-0.3, -0.25) is 5.32 Å². The Morgan fingerprint density at radius 3 is 2.40 bits per heavy atom. The zero-order valence-electron chi connectivity index (χ0n) is 7.63. The van der Waals surface area contributed by atoms with Crippen LogP contribution in [0.15, 0.2) is 0 Å². The second kappa shape index (κ2) is 3.64.